The predicted octanol–water partition coefficient (Wildman–Crippen LogP) is 3.99. The predicted molar refractivity (Wildman–Crippen MR) is 92.3 cm³/mol. The highest BCUT2D eigenvalue weighted by atomic mass is 15.0. The smallest absolute Gasteiger partial charge is 0.137 e. The average molecular weight is 293 g/mol. The molecule has 0 radical (unpaired) electrons. The Morgan fingerprint density at radius 1 is 1.09 bits per heavy atom. The lowest BCUT2D eigenvalue weighted by molar-refractivity contribution is 0.738. The Labute approximate surface area is 131 Å². The highest BCUT2D eigenvalue weighted by Crippen LogP contribution is 2.31. The van der Waals surface area contributed by atoms with Crippen molar-refractivity contribution in [3.8, 4) is 11.3 Å². The maximum atomic E-state index is 5.95. The normalized spacial score (nSPS) is 12.8. The number of aryl methyl sites for hydroxylation is 3. The van der Waals surface area contributed by atoms with Crippen molar-refractivity contribution in [3.63, 3.8) is 0 Å². The van der Waals surface area contributed by atoms with Crippen LogP contribution in [0.25, 0.3) is 16.9 Å². The van der Waals surface area contributed by atoms with Crippen LogP contribution in [0.15, 0.2) is 36.5 Å². The largest absolute Gasteiger partial charge is 0.330 e. The van der Waals surface area contributed by atoms with Gasteiger partial charge in [-0.05, 0) is 49.6 Å². The van der Waals surface area contributed by atoms with E-state index in [2.05, 4.69) is 68.6 Å². The van der Waals surface area contributed by atoms with Crippen molar-refractivity contribution in [1.82, 2.24) is 9.38 Å². The quantitative estimate of drug-likeness (QED) is 0.793. The van der Waals surface area contributed by atoms with Crippen LogP contribution in [0, 0.1) is 20.8 Å². The number of fused-ring (bicyclic) bond motifs is 1. The lowest BCUT2D eigenvalue weighted by Gasteiger charge is -2.12. The second kappa shape index (κ2) is 5.58. The zero-order valence-electron chi connectivity index (χ0n) is 13.7. The fourth-order valence-electron chi connectivity index (χ4n) is 2.85. The van der Waals surface area contributed by atoms with Crippen molar-refractivity contribution in [3.05, 3.63) is 58.9 Å². The molecule has 0 spiro atoms. The van der Waals surface area contributed by atoms with E-state index in [0.717, 1.165) is 11.3 Å². The first-order valence-corrected chi connectivity index (χ1v) is 7.77. The van der Waals surface area contributed by atoms with Crippen LogP contribution in [0.1, 0.15) is 35.2 Å². The van der Waals surface area contributed by atoms with Crippen LogP contribution >= 0.6 is 0 Å². The molecule has 3 nitrogen and oxygen atoms in total. The molecule has 0 saturated carbocycles. The minimum absolute atomic E-state index is 0.258. The van der Waals surface area contributed by atoms with E-state index in [1.165, 1.54) is 27.9 Å². The number of nitrogens with two attached hydrogens (primary N) is 1. The highest BCUT2D eigenvalue weighted by molar-refractivity contribution is 5.68. The maximum absolute atomic E-state index is 5.95. The SMILES string of the molecule is Cc1ccc2nc(-c3ccc(C)c(C)c3)c(C(C)CN)n2c1. The summed E-state index contributed by atoms with van der Waals surface area (Å²) in [6.07, 6.45) is 2.15. The summed E-state index contributed by atoms with van der Waals surface area (Å²) in [5.41, 5.74) is 14.2. The number of pyridine rings is 1. The minimum Gasteiger partial charge on any atom is -0.330 e. The molecule has 0 fully saturated rings. The highest BCUT2D eigenvalue weighted by Gasteiger charge is 2.18. The average Bonchev–Trinajstić information content (AvgIpc) is 2.87. The number of benzene rings is 1. The molecule has 3 rings (SSSR count). The summed E-state index contributed by atoms with van der Waals surface area (Å²) < 4.78 is 2.19. The topological polar surface area (TPSA) is 43.3 Å². The van der Waals surface area contributed by atoms with Crippen LogP contribution < -0.4 is 5.73 Å². The summed E-state index contributed by atoms with van der Waals surface area (Å²) in [5.74, 6) is 0.258. The maximum Gasteiger partial charge on any atom is 0.137 e. The zero-order chi connectivity index (χ0) is 15.9. The van der Waals surface area contributed by atoms with E-state index >= 15 is 0 Å². The van der Waals surface area contributed by atoms with Gasteiger partial charge >= 0.3 is 0 Å². The fourth-order valence-corrected chi connectivity index (χ4v) is 2.85. The third-order valence-corrected chi connectivity index (χ3v) is 4.40. The molecule has 0 aliphatic carbocycles. The standard InChI is InChI=1S/C19H23N3/c1-12-5-8-17-21-18(16-7-6-13(2)14(3)9-16)19(15(4)10-20)22(17)11-12/h5-9,11,15H,10,20H2,1-4H3. The molecular formula is C19H23N3. The molecule has 1 aromatic carbocycles. The van der Waals surface area contributed by atoms with E-state index in [1.54, 1.807) is 0 Å². The summed E-state index contributed by atoms with van der Waals surface area (Å²) >= 11 is 0. The molecule has 2 heterocycles. The van der Waals surface area contributed by atoms with Gasteiger partial charge in [0.2, 0.25) is 0 Å². The molecule has 3 heteroatoms. The van der Waals surface area contributed by atoms with Crippen LogP contribution in [0.2, 0.25) is 0 Å². The van der Waals surface area contributed by atoms with E-state index in [-0.39, 0.29) is 5.92 Å². The van der Waals surface area contributed by atoms with E-state index in [1.807, 2.05) is 0 Å². The first-order valence-electron chi connectivity index (χ1n) is 7.77. The summed E-state index contributed by atoms with van der Waals surface area (Å²) in [6, 6.07) is 10.7. The number of aromatic nitrogens is 2. The monoisotopic (exact) mass is 293 g/mol. The third-order valence-electron chi connectivity index (χ3n) is 4.40. The van der Waals surface area contributed by atoms with E-state index in [4.69, 9.17) is 10.7 Å². The van der Waals surface area contributed by atoms with Gasteiger partial charge in [-0.25, -0.2) is 4.98 Å². The fraction of sp³-hybridized carbons (Fsp3) is 0.316. The lowest BCUT2D eigenvalue weighted by Crippen LogP contribution is -2.12. The van der Waals surface area contributed by atoms with E-state index in [9.17, 15) is 0 Å². The third kappa shape index (κ3) is 2.42. The van der Waals surface area contributed by atoms with Crippen LogP contribution in [-0.2, 0) is 0 Å². The van der Waals surface area contributed by atoms with E-state index < -0.39 is 0 Å². The molecule has 0 amide bonds. The van der Waals surface area contributed by atoms with Gasteiger partial charge in [0.1, 0.15) is 5.65 Å². The van der Waals surface area contributed by atoms with Gasteiger partial charge in [0.05, 0.1) is 11.4 Å². The molecule has 0 saturated heterocycles. The van der Waals surface area contributed by atoms with Crippen molar-refractivity contribution < 1.29 is 0 Å². The molecule has 1 atom stereocenters. The van der Waals surface area contributed by atoms with Gasteiger partial charge in [-0.15, -0.1) is 0 Å². The van der Waals surface area contributed by atoms with Crippen molar-refractivity contribution >= 4 is 5.65 Å². The summed E-state index contributed by atoms with van der Waals surface area (Å²) in [6.45, 7) is 9.16. The Morgan fingerprint density at radius 2 is 1.86 bits per heavy atom. The molecule has 0 aliphatic heterocycles. The second-order valence-corrected chi connectivity index (χ2v) is 6.22. The van der Waals surface area contributed by atoms with Gasteiger partial charge in [0, 0.05) is 24.2 Å². The van der Waals surface area contributed by atoms with Gasteiger partial charge in [-0.1, -0.05) is 25.1 Å². The Hall–Kier alpha value is -2.13. The first kappa shape index (κ1) is 14.8. The van der Waals surface area contributed by atoms with Gasteiger partial charge < -0.3 is 10.1 Å². The molecule has 3 aromatic rings. The Morgan fingerprint density at radius 3 is 2.55 bits per heavy atom. The molecule has 2 N–H and O–H groups in total. The Balaban J connectivity index is 2.30. The van der Waals surface area contributed by atoms with Crippen LogP contribution in [0.3, 0.4) is 0 Å². The lowest BCUT2D eigenvalue weighted by atomic mass is 9.99. The first-order chi connectivity index (χ1) is 10.5. The molecule has 2 aromatic heterocycles. The Kier molecular flexibility index (Phi) is 3.75. The van der Waals surface area contributed by atoms with Crippen molar-refractivity contribution in [2.75, 3.05) is 6.54 Å². The van der Waals surface area contributed by atoms with Crippen molar-refractivity contribution in [1.29, 1.82) is 0 Å². The molecule has 1 unspecified atom stereocenters. The number of hydrogen-bond donors (Lipinski definition) is 1. The van der Waals surface area contributed by atoms with Crippen molar-refractivity contribution in [2.24, 2.45) is 5.73 Å². The number of hydrogen-bond acceptors (Lipinski definition) is 2. The summed E-state index contributed by atoms with van der Waals surface area (Å²) in [4.78, 5) is 4.87. The van der Waals surface area contributed by atoms with Gasteiger partial charge in [0.15, 0.2) is 0 Å². The van der Waals surface area contributed by atoms with E-state index in [0.29, 0.717) is 6.54 Å². The summed E-state index contributed by atoms with van der Waals surface area (Å²) in [5, 5.41) is 0. The van der Waals surface area contributed by atoms with Crippen molar-refractivity contribution in [2.45, 2.75) is 33.6 Å². The minimum atomic E-state index is 0.258. The molecule has 0 bridgehead atoms. The Bertz CT molecular complexity index is 830. The van der Waals surface area contributed by atoms with Gasteiger partial charge in [0.25, 0.3) is 0 Å². The molecule has 22 heavy (non-hydrogen) atoms. The van der Waals surface area contributed by atoms with Crippen LogP contribution in [0.4, 0.5) is 0 Å². The zero-order valence-corrected chi connectivity index (χ0v) is 13.7. The molecule has 114 valence electrons. The number of nitrogens with zero attached hydrogens (tertiary/aromatic N) is 2. The number of rotatable bonds is 3. The molecular weight excluding hydrogens is 270 g/mol. The van der Waals surface area contributed by atoms with Crippen LogP contribution in [-0.4, -0.2) is 15.9 Å². The number of imidazole rings is 1. The summed E-state index contributed by atoms with van der Waals surface area (Å²) in [7, 11) is 0. The molecule has 0 aliphatic rings. The van der Waals surface area contributed by atoms with Gasteiger partial charge in [-0.3, -0.25) is 0 Å². The van der Waals surface area contributed by atoms with Gasteiger partial charge in [-0.2, -0.15) is 0 Å². The van der Waals surface area contributed by atoms with Crippen LogP contribution in [0.5, 0.6) is 0 Å². The second-order valence-electron chi connectivity index (χ2n) is 6.22.